The summed E-state index contributed by atoms with van der Waals surface area (Å²) in [4.78, 5) is 0. The lowest BCUT2D eigenvalue weighted by atomic mass is 10.0. The second-order valence-electron chi connectivity index (χ2n) is 6.67. The van der Waals surface area contributed by atoms with Crippen molar-refractivity contribution in [1.82, 2.24) is 10.6 Å². The van der Waals surface area contributed by atoms with Crippen LogP contribution in [-0.2, 0) is 13.2 Å². The van der Waals surface area contributed by atoms with Crippen molar-refractivity contribution < 1.29 is 4.74 Å². The van der Waals surface area contributed by atoms with E-state index in [-0.39, 0.29) is 24.8 Å². The van der Waals surface area contributed by atoms with E-state index in [2.05, 4.69) is 47.9 Å². The van der Waals surface area contributed by atoms with Crippen LogP contribution in [0.1, 0.15) is 24.5 Å². The van der Waals surface area contributed by atoms with E-state index < -0.39 is 0 Å². The monoisotopic (exact) mass is 488 g/mol. The zero-order valence-electron chi connectivity index (χ0n) is 16.9. The van der Waals surface area contributed by atoms with Crippen LogP contribution in [0, 0.1) is 0 Å². The molecule has 2 N–H and O–H groups in total. The third-order valence-electron chi connectivity index (χ3n) is 4.65. The molecule has 0 spiro atoms. The molecular weight excluding hydrogens is 462 g/mol. The average molecular weight is 490 g/mol. The van der Waals surface area contributed by atoms with Gasteiger partial charge in [-0.2, -0.15) is 0 Å². The van der Waals surface area contributed by atoms with Gasteiger partial charge < -0.3 is 15.4 Å². The van der Waals surface area contributed by atoms with E-state index in [1.807, 2.05) is 18.2 Å². The summed E-state index contributed by atoms with van der Waals surface area (Å²) in [7, 11) is 0. The van der Waals surface area contributed by atoms with Gasteiger partial charge in [0.25, 0.3) is 0 Å². The highest BCUT2D eigenvalue weighted by atomic mass is 35.5. The first kappa shape index (κ1) is 26.8. The number of benzene rings is 3. The lowest BCUT2D eigenvalue weighted by Crippen LogP contribution is -2.21. The van der Waals surface area contributed by atoms with E-state index in [9.17, 15) is 0 Å². The molecule has 0 saturated heterocycles. The van der Waals surface area contributed by atoms with Gasteiger partial charge in [-0.3, -0.25) is 0 Å². The Balaban J connectivity index is 0.00000225. The lowest BCUT2D eigenvalue weighted by molar-refractivity contribution is 0.303. The first-order valence-electron chi connectivity index (χ1n) is 9.68. The van der Waals surface area contributed by atoms with Crippen LogP contribution in [0.25, 0.3) is 10.8 Å². The van der Waals surface area contributed by atoms with Gasteiger partial charge in [-0.25, -0.2) is 0 Å². The molecule has 0 heterocycles. The number of nitrogens with one attached hydrogen (secondary N) is 2. The third kappa shape index (κ3) is 7.49. The van der Waals surface area contributed by atoms with Crippen LogP contribution < -0.4 is 15.4 Å². The van der Waals surface area contributed by atoms with Crippen molar-refractivity contribution >= 4 is 58.8 Å². The molecule has 7 heteroatoms. The van der Waals surface area contributed by atoms with Gasteiger partial charge in [0.2, 0.25) is 0 Å². The molecule has 3 aromatic rings. The molecule has 0 aromatic heterocycles. The Bertz CT molecular complexity index is 921. The van der Waals surface area contributed by atoms with Crippen molar-refractivity contribution in [2.24, 2.45) is 0 Å². The quantitative estimate of drug-likeness (QED) is 0.312. The molecule has 0 atom stereocenters. The fraction of sp³-hybridized carbons (Fsp3) is 0.304. The van der Waals surface area contributed by atoms with Crippen molar-refractivity contribution in [1.29, 1.82) is 0 Å². The highest BCUT2D eigenvalue weighted by Gasteiger charge is 2.10. The zero-order valence-corrected chi connectivity index (χ0v) is 20.1. The van der Waals surface area contributed by atoms with E-state index in [0.717, 1.165) is 43.9 Å². The lowest BCUT2D eigenvalue weighted by Gasteiger charge is -2.16. The minimum absolute atomic E-state index is 0. The van der Waals surface area contributed by atoms with Gasteiger partial charge in [0.15, 0.2) is 0 Å². The van der Waals surface area contributed by atoms with E-state index >= 15 is 0 Å². The van der Waals surface area contributed by atoms with Gasteiger partial charge in [-0.15, -0.1) is 24.8 Å². The molecule has 0 aliphatic rings. The van der Waals surface area contributed by atoms with E-state index in [1.165, 1.54) is 16.3 Å². The van der Waals surface area contributed by atoms with Crippen molar-refractivity contribution in [3.63, 3.8) is 0 Å². The van der Waals surface area contributed by atoms with Gasteiger partial charge >= 0.3 is 0 Å². The summed E-state index contributed by atoms with van der Waals surface area (Å²) in [5.74, 6) is 0.879. The number of ether oxygens (including phenoxy) is 1. The molecule has 30 heavy (non-hydrogen) atoms. The maximum absolute atomic E-state index is 6.29. The van der Waals surface area contributed by atoms with Gasteiger partial charge in [0.05, 0.1) is 0 Å². The second kappa shape index (κ2) is 14.0. The predicted molar refractivity (Wildman–Crippen MR) is 134 cm³/mol. The van der Waals surface area contributed by atoms with Crippen LogP contribution in [-0.4, -0.2) is 19.6 Å². The molecule has 0 unspecified atom stereocenters. The van der Waals surface area contributed by atoms with Crippen molar-refractivity contribution in [2.45, 2.75) is 26.5 Å². The smallest absolute Gasteiger partial charge is 0.124 e. The summed E-state index contributed by atoms with van der Waals surface area (Å²) in [6.45, 7) is 6.28. The standard InChI is InChI=1S/C23H26Cl2N2O.2ClH/c1-2-26-12-5-13-27-15-21-20-7-4-3-6-17(20)9-11-23(21)28-16-18-8-10-19(24)14-22(18)25;;/h3-4,6-11,14,26-27H,2,5,12-13,15-16H2,1H3;2*1H. The highest BCUT2D eigenvalue weighted by Crippen LogP contribution is 2.30. The van der Waals surface area contributed by atoms with Crippen molar-refractivity contribution in [3.8, 4) is 5.75 Å². The molecule has 164 valence electrons. The van der Waals surface area contributed by atoms with Gasteiger partial charge in [-0.1, -0.05) is 66.5 Å². The summed E-state index contributed by atoms with van der Waals surface area (Å²) in [5, 5.41) is 10.6. The SMILES string of the molecule is CCNCCCNCc1c(OCc2ccc(Cl)cc2Cl)ccc2ccccc12.Cl.Cl. The van der Waals surface area contributed by atoms with Gasteiger partial charge in [-0.05, 0) is 55.0 Å². The fourth-order valence-electron chi connectivity index (χ4n) is 3.16. The van der Waals surface area contributed by atoms with E-state index in [1.54, 1.807) is 6.07 Å². The van der Waals surface area contributed by atoms with Gasteiger partial charge in [0, 0.05) is 27.7 Å². The topological polar surface area (TPSA) is 33.3 Å². The molecule has 0 radical (unpaired) electrons. The van der Waals surface area contributed by atoms with Crippen molar-refractivity contribution in [3.05, 3.63) is 75.8 Å². The molecule has 3 nitrogen and oxygen atoms in total. The molecule has 0 fully saturated rings. The van der Waals surface area contributed by atoms with E-state index in [4.69, 9.17) is 27.9 Å². The number of hydrogen-bond donors (Lipinski definition) is 2. The predicted octanol–water partition coefficient (Wildman–Crippen LogP) is 6.66. The number of rotatable bonds is 10. The van der Waals surface area contributed by atoms with Crippen LogP contribution in [0.15, 0.2) is 54.6 Å². The Morgan fingerprint density at radius 2 is 1.67 bits per heavy atom. The normalized spacial score (nSPS) is 10.4. The van der Waals surface area contributed by atoms with E-state index in [0.29, 0.717) is 16.7 Å². The first-order chi connectivity index (χ1) is 13.7. The largest absolute Gasteiger partial charge is 0.488 e. The second-order valence-corrected chi connectivity index (χ2v) is 7.52. The molecule has 3 aromatic carbocycles. The van der Waals surface area contributed by atoms with Crippen LogP contribution in [0.5, 0.6) is 5.75 Å². The number of fused-ring (bicyclic) bond motifs is 1. The molecule has 0 saturated carbocycles. The zero-order chi connectivity index (χ0) is 19.8. The molecule has 0 bridgehead atoms. The van der Waals surface area contributed by atoms with Crippen LogP contribution in [0.3, 0.4) is 0 Å². The Morgan fingerprint density at radius 1 is 0.900 bits per heavy atom. The average Bonchev–Trinajstić information content (AvgIpc) is 2.70. The van der Waals surface area contributed by atoms with Crippen LogP contribution in [0.2, 0.25) is 10.0 Å². The number of halogens is 4. The van der Waals surface area contributed by atoms with Crippen LogP contribution in [0.4, 0.5) is 0 Å². The maximum atomic E-state index is 6.29. The number of hydrogen-bond acceptors (Lipinski definition) is 3. The summed E-state index contributed by atoms with van der Waals surface area (Å²) in [6, 6.07) is 18.0. The summed E-state index contributed by atoms with van der Waals surface area (Å²) in [5.41, 5.74) is 2.09. The summed E-state index contributed by atoms with van der Waals surface area (Å²) in [6.07, 6.45) is 1.09. The minimum atomic E-state index is 0. The molecule has 0 amide bonds. The van der Waals surface area contributed by atoms with Crippen LogP contribution >= 0.6 is 48.0 Å². The summed E-state index contributed by atoms with van der Waals surface area (Å²) < 4.78 is 6.17. The Hall–Kier alpha value is -1.20. The van der Waals surface area contributed by atoms with Crippen molar-refractivity contribution in [2.75, 3.05) is 19.6 Å². The third-order valence-corrected chi connectivity index (χ3v) is 5.24. The molecular formula is C23H28Cl4N2O. The maximum Gasteiger partial charge on any atom is 0.124 e. The minimum Gasteiger partial charge on any atom is -0.488 e. The fourth-order valence-corrected chi connectivity index (χ4v) is 3.62. The Morgan fingerprint density at radius 3 is 2.43 bits per heavy atom. The summed E-state index contributed by atoms with van der Waals surface area (Å²) >= 11 is 12.3. The Labute approximate surface area is 201 Å². The Kier molecular flexibility index (Phi) is 12.5. The molecule has 0 aliphatic heterocycles. The van der Waals surface area contributed by atoms with Gasteiger partial charge in [0.1, 0.15) is 12.4 Å². The molecule has 3 rings (SSSR count). The first-order valence-corrected chi connectivity index (χ1v) is 10.4. The molecule has 0 aliphatic carbocycles. The highest BCUT2D eigenvalue weighted by molar-refractivity contribution is 6.35.